The van der Waals surface area contributed by atoms with Gasteiger partial charge in [0, 0.05) is 57.9 Å². The predicted molar refractivity (Wildman–Crippen MR) is 120 cm³/mol. The van der Waals surface area contributed by atoms with Gasteiger partial charge in [-0.3, -0.25) is 19.2 Å². The Labute approximate surface area is 183 Å². The minimum absolute atomic E-state index is 0.215. The molecule has 1 unspecified atom stereocenters. The highest BCUT2D eigenvalue weighted by molar-refractivity contribution is 5.48. The Morgan fingerprint density at radius 3 is 2.84 bits per heavy atom. The number of fused-ring (bicyclic) bond motifs is 2. The Kier molecular flexibility index (Phi) is 5.85. The highest BCUT2D eigenvalue weighted by atomic mass is 16.3. The van der Waals surface area contributed by atoms with E-state index >= 15 is 0 Å². The second kappa shape index (κ2) is 8.90. The van der Waals surface area contributed by atoms with Crippen LogP contribution in [-0.2, 0) is 13.0 Å². The van der Waals surface area contributed by atoms with Crippen molar-refractivity contribution in [3.05, 3.63) is 53.7 Å². The second-order valence-corrected chi connectivity index (χ2v) is 8.63. The second-order valence-electron chi connectivity index (χ2n) is 8.63. The lowest BCUT2D eigenvalue weighted by Gasteiger charge is -2.35. The zero-order chi connectivity index (χ0) is 21.2. The lowest BCUT2D eigenvalue weighted by Crippen LogP contribution is -2.48. The van der Waals surface area contributed by atoms with Crippen molar-refractivity contribution in [3.8, 4) is 0 Å². The van der Waals surface area contributed by atoms with Gasteiger partial charge in [-0.25, -0.2) is 9.97 Å². The Morgan fingerprint density at radius 2 is 2.00 bits per heavy atom. The first-order valence-electron chi connectivity index (χ1n) is 11.3. The summed E-state index contributed by atoms with van der Waals surface area (Å²) < 4.78 is 2.12. The first kappa shape index (κ1) is 20.4. The van der Waals surface area contributed by atoms with Crippen LogP contribution < -0.4 is 4.90 Å². The average Bonchev–Trinajstić information content (AvgIpc) is 3.22. The molecule has 3 aromatic rings. The highest BCUT2D eigenvalue weighted by Gasteiger charge is 2.26. The lowest BCUT2D eigenvalue weighted by atomic mass is 9.91. The molecule has 0 aromatic carbocycles. The van der Waals surface area contributed by atoms with Crippen LogP contribution in [0.2, 0.25) is 0 Å². The molecule has 164 valence electrons. The predicted octanol–water partition coefficient (Wildman–Crippen LogP) is 1.75. The summed E-state index contributed by atoms with van der Waals surface area (Å²) in [5, 5.41) is 9.18. The van der Waals surface area contributed by atoms with E-state index in [-0.39, 0.29) is 6.61 Å². The van der Waals surface area contributed by atoms with Crippen LogP contribution in [0.4, 0.5) is 5.95 Å². The van der Waals surface area contributed by atoms with E-state index in [1.165, 1.54) is 17.7 Å². The number of piperazine rings is 1. The molecule has 0 radical (unpaired) electrons. The van der Waals surface area contributed by atoms with Crippen LogP contribution in [0.5, 0.6) is 0 Å². The van der Waals surface area contributed by atoms with Crippen molar-refractivity contribution in [1.29, 1.82) is 0 Å². The summed E-state index contributed by atoms with van der Waals surface area (Å²) >= 11 is 0. The van der Waals surface area contributed by atoms with Gasteiger partial charge in [0.15, 0.2) is 0 Å². The Balaban J connectivity index is 1.34. The van der Waals surface area contributed by atoms with E-state index in [0.29, 0.717) is 6.04 Å². The molecule has 0 spiro atoms. The Hall–Kier alpha value is -2.55. The number of anilines is 1. The molecule has 5 rings (SSSR count). The first-order chi connectivity index (χ1) is 15.2. The summed E-state index contributed by atoms with van der Waals surface area (Å²) in [5.74, 6) is 0.951. The third-order valence-corrected chi connectivity index (χ3v) is 6.59. The zero-order valence-corrected chi connectivity index (χ0v) is 18.2. The van der Waals surface area contributed by atoms with Crippen molar-refractivity contribution in [2.45, 2.75) is 31.8 Å². The number of hydrogen-bond donors (Lipinski definition) is 1. The highest BCUT2D eigenvalue weighted by Crippen LogP contribution is 2.32. The number of aromatic nitrogens is 4. The fraction of sp³-hybridized carbons (Fsp3) is 0.522. The first-order valence-corrected chi connectivity index (χ1v) is 11.3. The van der Waals surface area contributed by atoms with Gasteiger partial charge in [-0.1, -0.05) is 6.07 Å². The number of hydrogen-bond acceptors (Lipinski definition) is 7. The van der Waals surface area contributed by atoms with Crippen molar-refractivity contribution in [2.75, 3.05) is 51.3 Å². The van der Waals surface area contributed by atoms with Crippen LogP contribution >= 0.6 is 0 Å². The van der Waals surface area contributed by atoms with E-state index < -0.39 is 0 Å². The molecule has 1 atom stereocenters. The summed E-state index contributed by atoms with van der Waals surface area (Å²) in [6.07, 6.45) is 9.37. The number of aliphatic hydroxyl groups excluding tert-OH is 1. The van der Waals surface area contributed by atoms with Gasteiger partial charge < -0.3 is 10.0 Å². The molecule has 8 heteroatoms. The van der Waals surface area contributed by atoms with Crippen LogP contribution in [0.3, 0.4) is 0 Å². The van der Waals surface area contributed by atoms with Crippen molar-refractivity contribution in [1.82, 2.24) is 29.2 Å². The smallest absolute Gasteiger partial charge is 0.211 e. The number of aliphatic hydroxyl groups is 1. The van der Waals surface area contributed by atoms with Crippen LogP contribution in [0, 0.1) is 0 Å². The SMILES string of the molecule is CN(Cc1cn2c(N3CCN(CCO)CC3)nccc2n1)C1CCCc2cccnc21. The molecule has 31 heavy (non-hydrogen) atoms. The molecule has 2 aliphatic rings. The van der Waals surface area contributed by atoms with Crippen molar-refractivity contribution < 1.29 is 5.11 Å². The van der Waals surface area contributed by atoms with Gasteiger partial charge in [0.1, 0.15) is 5.65 Å². The van der Waals surface area contributed by atoms with Crippen LogP contribution in [-0.4, -0.2) is 80.6 Å². The third kappa shape index (κ3) is 4.15. The normalized spacial score (nSPS) is 19.8. The molecule has 0 bridgehead atoms. The summed E-state index contributed by atoms with van der Waals surface area (Å²) in [4.78, 5) is 21.3. The molecule has 8 nitrogen and oxygen atoms in total. The number of aryl methyl sites for hydroxylation is 1. The summed E-state index contributed by atoms with van der Waals surface area (Å²) in [6.45, 7) is 5.44. The molecule has 0 saturated carbocycles. The van der Waals surface area contributed by atoms with Crippen LogP contribution in [0.15, 0.2) is 36.8 Å². The quantitative estimate of drug-likeness (QED) is 0.650. The number of rotatable bonds is 6. The zero-order valence-electron chi connectivity index (χ0n) is 18.2. The minimum Gasteiger partial charge on any atom is -0.395 e. The molecule has 4 heterocycles. The average molecular weight is 422 g/mol. The van der Waals surface area contributed by atoms with E-state index in [1.807, 2.05) is 24.5 Å². The molecule has 1 saturated heterocycles. The van der Waals surface area contributed by atoms with Gasteiger partial charge in [0.2, 0.25) is 5.95 Å². The monoisotopic (exact) mass is 421 g/mol. The van der Waals surface area contributed by atoms with E-state index in [2.05, 4.69) is 43.4 Å². The fourth-order valence-corrected chi connectivity index (χ4v) is 4.96. The van der Waals surface area contributed by atoms with Crippen LogP contribution in [0.1, 0.15) is 35.8 Å². The van der Waals surface area contributed by atoms with Gasteiger partial charge in [0.25, 0.3) is 0 Å². The van der Waals surface area contributed by atoms with Gasteiger partial charge >= 0.3 is 0 Å². The van der Waals surface area contributed by atoms with Gasteiger partial charge in [-0.05, 0) is 44.0 Å². The number of imidazole rings is 1. The van der Waals surface area contributed by atoms with E-state index in [1.54, 1.807) is 0 Å². The molecule has 1 aliphatic carbocycles. The maximum atomic E-state index is 9.18. The topological polar surface area (TPSA) is 73.0 Å². The molecule has 1 aliphatic heterocycles. The number of β-amino-alcohol motifs (C(OH)–C–C–N with tert-alkyl or cyclic N) is 1. The van der Waals surface area contributed by atoms with Gasteiger partial charge in [0.05, 0.1) is 24.0 Å². The van der Waals surface area contributed by atoms with Crippen molar-refractivity contribution >= 4 is 11.6 Å². The number of pyridine rings is 1. The van der Waals surface area contributed by atoms with E-state index in [0.717, 1.165) is 69.4 Å². The Bertz CT molecular complexity index is 1030. The third-order valence-electron chi connectivity index (χ3n) is 6.59. The molecule has 3 aromatic heterocycles. The van der Waals surface area contributed by atoms with Crippen molar-refractivity contribution in [2.24, 2.45) is 0 Å². The maximum absolute atomic E-state index is 9.18. The van der Waals surface area contributed by atoms with Crippen LogP contribution in [0.25, 0.3) is 5.65 Å². The molecular formula is C23H31N7O. The summed E-state index contributed by atoms with van der Waals surface area (Å²) in [6, 6.07) is 6.58. The van der Waals surface area contributed by atoms with Gasteiger partial charge in [-0.15, -0.1) is 0 Å². The van der Waals surface area contributed by atoms with E-state index in [9.17, 15) is 5.11 Å². The standard InChI is InChI=1S/C23H31N7O/c1-27(20-6-2-4-18-5-3-8-24-22(18)20)16-19-17-30-21(26-19)7-9-25-23(30)29-12-10-28(11-13-29)14-15-31/h3,5,7-9,17,20,31H,2,4,6,10-16H2,1H3. The Morgan fingerprint density at radius 1 is 1.13 bits per heavy atom. The molecule has 0 amide bonds. The molecular weight excluding hydrogens is 390 g/mol. The minimum atomic E-state index is 0.215. The van der Waals surface area contributed by atoms with Gasteiger partial charge in [-0.2, -0.15) is 0 Å². The van der Waals surface area contributed by atoms with Crippen molar-refractivity contribution in [3.63, 3.8) is 0 Å². The fourth-order valence-electron chi connectivity index (χ4n) is 4.96. The summed E-state index contributed by atoms with van der Waals surface area (Å²) in [7, 11) is 2.18. The summed E-state index contributed by atoms with van der Waals surface area (Å²) in [5.41, 5.74) is 4.60. The number of nitrogens with zero attached hydrogens (tertiary/aromatic N) is 7. The maximum Gasteiger partial charge on any atom is 0.211 e. The lowest BCUT2D eigenvalue weighted by molar-refractivity contribution is 0.188. The molecule has 1 fully saturated rings. The molecule has 1 N–H and O–H groups in total. The van der Waals surface area contributed by atoms with E-state index in [4.69, 9.17) is 9.97 Å². The largest absolute Gasteiger partial charge is 0.395 e.